The van der Waals surface area contributed by atoms with Crippen LogP contribution in [0.4, 0.5) is 0 Å². The number of benzene rings is 2. The van der Waals surface area contributed by atoms with Gasteiger partial charge in [0.25, 0.3) is 0 Å². The van der Waals surface area contributed by atoms with E-state index in [2.05, 4.69) is 24.3 Å². The summed E-state index contributed by atoms with van der Waals surface area (Å²) < 4.78 is 0. The van der Waals surface area contributed by atoms with Crippen molar-refractivity contribution in [3.05, 3.63) is 71.3 Å². The van der Waals surface area contributed by atoms with Crippen LogP contribution in [0.15, 0.2) is 54.6 Å². The molecule has 1 heterocycles. The number of hydrogen-bond donors (Lipinski definition) is 1. The number of rotatable bonds is 6. The second-order valence-electron chi connectivity index (χ2n) is 7.04. The van der Waals surface area contributed by atoms with Gasteiger partial charge in [-0.2, -0.15) is 0 Å². The zero-order valence-corrected chi connectivity index (χ0v) is 14.9. The second-order valence-corrected chi connectivity index (χ2v) is 7.04. The molecule has 1 amide bonds. The van der Waals surface area contributed by atoms with Crippen molar-refractivity contribution >= 4 is 11.9 Å². The number of carbonyl (C=O) groups excluding carboxylic acids is 1. The molecule has 0 aromatic heterocycles. The maximum absolute atomic E-state index is 12.6. The number of nitrogens with zero attached hydrogens (tertiary/aromatic N) is 1. The predicted octanol–water partition coefficient (Wildman–Crippen LogP) is 3.80. The summed E-state index contributed by atoms with van der Waals surface area (Å²) in [6.45, 7) is 1.69. The van der Waals surface area contributed by atoms with Crippen LogP contribution in [-0.2, 0) is 17.6 Å². The number of carboxylic acid groups (broad SMARTS) is 1. The summed E-state index contributed by atoms with van der Waals surface area (Å²) in [5.41, 5.74) is 2.62. The summed E-state index contributed by atoms with van der Waals surface area (Å²) in [6.07, 6.45) is 4.40. The fourth-order valence-electron chi connectivity index (χ4n) is 3.63. The van der Waals surface area contributed by atoms with E-state index in [-0.39, 0.29) is 11.5 Å². The van der Waals surface area contributed by atoms with Gasteiger partial charge in [-0.05, 0) is 54.9 Å². The zero-order valence-electron chi connectivity index (χ0n) is 14.9. The number of aryl methyl sites for hydroxylation is 1. The third-order valence-electron chi connectivity index (χ3n) is 5.07. The summed E-state index contributed by atoms with van der Waals surface area (Å²) in [5, 5.41) is 8.93. The molecule has 1 unspecified atom stereocenters. The van der Waals surface area contributed by atoms with Crippen LogP contribution < -0.4 is 0 Å². The highest BCUT2D eigenvalue weighted by atomic mass is 16.4. The molecular formula is C22H25NO3. The molecule has 2 aromatic carbocycles. The Balaban J connectivity index is 1.50. The van der Waals surface area contributed by atoms with E-state index in [1.54, 1.807) is 24.3 Å². The van der Waals surface area contributed by atoms with Crippen molar-refractivity contribution in [3.8, 4) is 0 Å². The Morgan fingerprint density at radius 3 is 2.42 bits per heavy atom. The van der Waals surface area contributed by atoms with Crippen molar-refractivity contribution in [3.63, 3.8) is 0 Å². The van der Waals surface area contributed by atoms with Crippen LogP contribution >= 0.6 is 0 Å². The number of carboxylic acids is 1. The topological polar surface area (TPSA) is 57.6 Å². The molecule has 0 aliphatic carbocycles. The van der Waals surface area contributed by atoms with E-state index in [4.69, 9.17) is 5.11 Å². The van der Waals surface area contributed by atoms with E-state index in [9.17, 15) is 9.59 Å². The maximum Gasteiger partial charge on any atom is 0.335 e. The van der Waals surface area contributed by atoms with Crippen molar-refractivity contribution in [2.45, 2.75) is 32.1 Å². The lowest BCUT2D eigenvalue weighted by Crippen LogP contribution is -2.40. The summed E-state index contributed by atoms with van der Waals surface area (Å²) in [5.74, 6) is -0.194. The van der Waals surface area contributed by atoms with Gasteiger partial charge in [0.05, 0.1) is 5.56 Å². The summed E-state index contributed by atoms with van der Waals surface area (Å²) in [7, 11) is 0. The lowest BCUT2D eigenvalue weighted by Gasteiger charge is -2.33. The van der Waals surface area contributed by atoms with E-state index in [0.717, 1.165) is 31.5 Å². The first-order chi connectivity index (χ1) is 12.6. The molecule has 2 aromatic rings. The van der Waals surface area contributed by atoms with E-state index >= 15 is 0 Å². The Labute approximate surface area is 154 Å². The molecule has 26 heavy (non-hydrogen) atoms. The molecule has 0 radical (unpaired) electrons. The van der Waals surface area contributed by atoms with E-state index in [1.165, 1.54) is 12.0 Å². The minimum Gasteiger partial charge on any atom is -0.478 e. The highest BCUT2D eigenvalue weighted by Gasteiger charge is 2.23. The molecule has 1 N–H and O–H groups in total. The fourth-order valence-corrected chi connectivity index (χ4v) is 3.63. The Bertz CT molecular complexity index is 740. The highest BCUT2D eigenvalue weighted by molar-refractivity contribution is 5.87. The largest absolute Gasteiger partial charge is 0.478 e. The molecular weight excluding hydrogens is 326 g/mol. The number of likely N-dealkylation sites (tertiary alicyclic amines) is 1. The van der Waals surface area contributed by atoms with Gasteiger partial charge in [0, 0.05) is 19.5 Å². The van der Waals surface area contributed by atoms with Crippen molar-refractivity contribution in [2.24, 2.45) is 5.92 Å². The van der Waals surface area contributed by atoms with Crippen LogP contribution in [0, 0.1) is 5.92 Å². The summed E-state index contributed by atoms with van der Waals surface area (Å²) >= 11 is 0. The van der Waals surface area contributed by atoms with Gasteiger partial charge < -0.3 is 10.0 Å². The molecule has 4 heteroatoms. The van der Waals surface area contributed by atoms with Gasteiger partial charge in [-0.15, -0.1) is 0 Å². The first kappa shape index (κ1) is 18.2. The van der Waals surface area contributed by atoms with Crippen molar-refractivity contribution < 1.29 is 14.7 Å². The molecule has 0 saturated carbocycles. The van der Waals surface area contributed by atoms with E-state index in [1.807, 2.05) is 11.0 Å². The van der Waals surface area contributed by atoms with Gasteiger partial charge in [0.2, 0.25) is 5.91 Å². The molecule has 1 saturated heterocycles. The van der Waals surface area contributed by atoms with Gasteiger partial charge >= 0.3 is 5.97 Å². The Morgan fingerprint density at radius 1 is 1.00 bits per heavy atom. The zero-order chi connectivity index (χ0) is 18.4. The Kier molecular flexibility index (Phi) is 6.05. The van der Waals surface area contributed by atoms with Crippen LogP contribution in [0.1, 0.15) is 40.7 Å². The number of hydrogen-bond acceptors (Lipinski definition) is 2. The van der Waals surface area contributed by atoms with E-state index in [0.29, 0.717) is 18.8 Å². The first-order valence-electron chi connectivity index (χ1n) is 9.26. The SMILES string of the molecule is O=C(O)c1ccc(CCC(=O)N2CCCC(Cc3ccccc3)C2)cc1. The van der Waals surface area contributed by atoms with Crippen molar-refractivity contribution in [1.82, 2.24) is 4.90 Å². The van der Waals surface area contributed by atoms with Gasteiger partial charge in [-0.1, -0.05) is 42.5 Å². The molecule has 136 valence electrons. The molecule has 1 fully saturated rings. The Morgan fingerprint density at radius 2 is 1.73 bits per heavy atom. The van der Waals surface area contributed by atoms with Crippen molar-refractivity contribution in [2.75, 3.05) is 13.1 Å². The van der Waals surface area contributed by atoms with Gasteiger partial charge in [-0.3, -0.25) is 4.79 Å². The van der Waals surface area contributed by atoms with Gasteiger partial charge in [0.15, 0.2) is 0 Å². The number of amides is 1. The van der Waals surface area contributed by atoms with Crippen LogP contribution in [0.25, 0.3) is 0 Å². The van der Waals surface area contributed by atoms with E-state index < -0.39 is 5.97 Å². The predicted molar refractivity (Wildman–Crippen MR) is 101 cm³/mol. The number of piperidine rings is 1. The minimum absolute atomic E-state index is 0.199. The van der Waals surface area contributed by atoms with Gasteiger partial charge in [-0.25, -0.2) is 4.79 Å². The maximum atomic E-state index is 12.6. The lowest BCUT2D eigenvalue weighted by atomic mass is 9.91. The average Bonchev–Trinajstić information content (AvgIpc) is 2.67. The lowest BCUT2D eigenvalue weighted by molar-refractivity contribution is -0.132. The first-order valence-corrected chi connectivity index (χ1v) is 9.26. The molecule has 1 aliphatic rings. The molecule has 1 atom stereocenters. The third kappa shape index (κ3) is 4.94. The van der Waals surface area contributed by atoms with Crippen LogP contribution in [-0.4, -0.2) is 35.0 Å². The molecule has 1 aliphatic heterocycles. The summed E-state index contributed by atoms with van der Waals surface area (Å²) in [4.78, 5) is 25.5. The standard InChI is InChI=1S/C22H25NO3/c24-21(13-10-17-8-11-20(12-9-17)22(25)26)23-14-4-7-19(16-23)15-18-5-2-1-3-6-18/h1-3,5-6,8-9,11-12,19H,4,7,10,13-16H2,(H,25,26). The van der Waals surface area contributed by atoms with Crippen molar-refractivity contribution in [1.29, 1.82) is 0 Å². The highest BCUT2D eigenvalue weighted by Crippen LogP contribution is 2.21. The molecule has 0 spiro atoms. The summed E-state index contributed by atoms with van der Waals surface area (Å²) in [6, 6.07) is 17.3. The molecule has 3 rings (SSSR count). The normalized spacial score (nSPS) is 17.1. The van der Waals surface area contributed by atoms with Crippen LogP contribution in [0.5, 0.6) is 0 Å². The molecule has 0 bridgehead atoms. The monoisotopic (exact) mass is 351 g/mol. The molecule has 4 nitrogen and oxygen atoms in total. The van der Waals surface area contributed by atoms with Crippen LogP contribution in [0.3, 0.4) is 0 Å². The Hall–Kier alpha value is -2.62. The third-order valence-corrected chi connectivity index (χ3v) is 5.07. The smallest absolute Gasteiger partial charge is 0.335 e. The quantitative estimate of drug-likeness (QED) is 0.861. The van der Waals surface area contributed by atoms with Gasteiger partial charge in [0.1, 0.15) is 0 Å². The number of carbonyl (C=O) groups is 2. The number of aromatic carboxylic acids is 1. The average molecular weight is 351 g/mol. The van der Waals surface area contributed by atoms with Crippen LogP contribution in [0.2, 0.25) is 0 Å². The minimum atomic E-state index is -0.926. The fraction of sp³-hybridized carbons (Fsp3) is 0.364. The second kappa shape index (κ2) is 8.65.